The zero-order valence-corrected chi connectivity index (χ0v) is 17.6. The number of likely N-dealkylation sites (tertiary alicyclic amines) is 1. The fraction of sp³-hybridized carbons (Fsp3) is 0.429. The Labute approximate surface area is 175 Å². The Kier molecular flexibility index (Phi) is 5.19. The largest absolute Gasteiger partial charge is 0.480 e. The Morgan fingerprint density at radius 3 is 2.83 bits per heavy atom. The van der Waals surface area contributed by atoms with Crippen molar-refractivity contribution in [2.24, 2.45) is 0 Å². The Morgan fingerprint density at radius 2 is 2.07 bits per heavy atom. The molecule has 3 aromatic heterocycles. The van der Waals surface area contributed by atoms with E-state index in [9.17, 15) is 4.79 Å². The molecule has 30 heavy (non-hydrogen) atoms. The third-order valence-corrected chi connectivity index (χ3v) is 4.75. The van der Waals surface area contributed by atoms with Crippen molar-refractivity contribution in [3.05, 3.63) is 36.5 Å². The predicted octanol–water partition coefficient (Wildman–Crippen LogP) is 3.22. The summed E-state index contributed by atoms with van der Waals surface area (Å²) in [6, 6.07) is 9.50. The van der Waals surface area contributed by atoms with Crippen LogP contribution in [0.25, 0.3) is 17.0 Å². The van der Waals surface area contributed by atoms with Gasteiger partial charge in [0, 0.05) is 25.2 Å². The first-order chi connectivity index (χ1) is 14.3. The van der Waals surface area contributed by atoms with Gasteiger partial charge in [-0.3, -0.25) is 0 Å². The van der Waals surface area contributed by atoms with Crippen molar-refractivity contribution in [3.8, 4) is 17.3 Å². The van der Waals surface area contributed by atoms with Gasteiger partial charge in [-0.05, 0) is 45.4 Å². The summed E-state index contributed by atoms with van der Waals surface area (Å²) in [4.78, 5) is 23.1. The van der Waals surface area contributed by atoms with Crippen molar-refractivity contribution >= 4 is 17.6 Å². The van der Waals surface area contributed by atoms with Crippen LogP contribution < -0.4 is 10.1 Å². The number of methoxy groups -OCH3 is 1. The van der Waals surface area contributed by atoms with Crippen molar-refractivity contribution < 1.29 is 14.3 Å². The maximum Gasteiger partial charge on any atom is 0.410 e. The van der Waals surface area contributed by atoms with Crippen LogP contribution in [-0.4, -0.2) is 62.4 Å². The van der Waals surface area contributed by atoms with Gasteiger partial charge in [-0.2, -0.15) is 0 Å². The van der Waals surface area contributed by atoms with Crippen LogP contribution in [0, 0.1) is 0 Å². The van der Waals surface area contributed by atoms with E-state index in [1.807, 2.05) is 45.0 Å². The summed E-state index contributed by atoms with van der Waals surface area (Å²) in [6.45, 7) is 6.85. The number of nitrogens with one attached hydrogen (secondary N) is 1. The summed E-state index contributed by atoms with van der Waals surface area (Å²) < 4.78 is 12.4. The van der Waals surface area contributed by atoms with Gasteiger partial charge in [0.1, 0.15) is 17.1 Å². The first kappa shape index (κ1) is 19.9. The number of ether oxygens (including phenoxy) is 2. The van der Waals surface area contributed by atoms with Crippen LogP contribution in [0.2, 0.25) is 0 Å². The predicted molar refractivity (Wildman–Crippen MR) is 113 cm³/mol. The summed E-state index contributed by atoms with van der Waals surface area (Å²) >= 11 is 0. The highest BCUT2D eigenvalue weighted by molar-refractivity contribution is 5.68. The van der Waals surface area contributed by atoms with Gasteiger partial charge in [-0.25, -0.2) is 19.3 Å². The third-order valence-electron chi connectivity index (χ3n) is 4.75. The van der Waals surface area contributed by atoms with E-state index in [-0.39, 0.29) is 12.1 Å². The molecule has 1 unspecified atom stereocenters. The first-order valence-electron chi connectivity index (χ1n) is 9.93. The van der Waals surface area contributed by atoms with Crippen molar-refractivity contribution in [3.63, 3.8) is 0 Å². The van der Waals surface area contributed by atoms with E-state index in [0.29, 0.717) is 19.0 Å². The van der Waals surface area contributed by atoms with Crippen LogP contribution in [0.5, 0.6) is 5.88 Å². The quantitative estimate of drug-likeness (QED) is 0.706. The molecule has 0 aliphatic carbocycles. The molecular formula is C21H26N6O3. The van der Waals surface area contributed by atoms with E-state index in [1.165, 1.54) is 0 Å². The number of amides is 1. The zero-order valence-electron chi connectivity index (χ0n) is 17.6. The summed E-state index contributed by atoms with van der Waals surface area (Å²) in [6.07, 6.45) is 2.30. The SMILES string of the molecule is COc1ccc2ncc(-c3cccc(NC4CCN(C(=O)OC(C)(C)C)C4)n3)n2n1. The second-order valence-corrected chi connectivity index (χ2v) is 8.25. The number of carbonyl (C=O) groups excluding carboxylic acids is 1. The number of anilines is 1. The molecule has 1 saturated heterocycles. The molecule has 1 aliphatic rings. The summed E-state index contributed by atoms with van der Waals surface area (Å²) in [7, 11) is 1.58. The van der Waals surface area contributed by atoms with Gasteiger partial charge in [-0.1, -0.05) is 6.07 Å². The van der Waals surface area contributed by atoms with Gasteiger partial charge in [0.05, 0.1) is 19.0 Å². The van der Waals surface area contributed by atoms with Crippen LogP contribution in [-0.2, 0) is 4.74 Å². The van der Waals surface area contributed by atoms with Gasteiger partial charge >= 0.3 is 6.09 Å². The average molecular weight is 410 g/mol. The highest BCUT2D eigenvalue weighted by Crippen LogP contribution is 2.23. The molecule has 0 spiro atoms. The molecule has 1 N–H and O–H groups in total. The molecule has 4 rings (SSSR count). The number of nitrogens with zero attached hydrogens (tertiary/aromatic N) is 5. The molecule has 9 heteroatoms. The smallest absolute Gasteiger partial charge is 0.410 e. The molecule has 0 radical (unpaired) electrons. The van der Waals surface area contributed by atoms with Crippen LogP contribution >= 0.6 is 0 Å². The maximum absolute atomic E-state index is 12.3. The summed E-state index contributed by atoms with van der Waals surface area (Å²) in [5.74, 6) is 1.24. The number of hydrogen-bond acceptors (Lipinski definition) is 7. The van der Waals surface area contributed by atoms with Crippen molar-refractivity contribution in [2.45, 2.75) is 38.8 Å². The molecule has 1 amide bonds. The Bertz CT molecular complexity index is 1060. The second kappa shape index (κ2) is 7.81. The monoisotopic (exact) mass is 410 g/mol. The normalized spacial score (nSPS) is 16.7. The molecule has 158 valence electrons. The molecule has 0 aromatic carbocycles. The lowest BCUT2D eigenvalue weighted by molar-refractivity contribution is 0.0293. The Hall–Kier alpha value is -3.36. The zero-order chi connectivity index (χ0) is 21.3. The molecule has 9 nitrogen and oxygen atoms in total. The van der Waals surface area contributed by atoms with Gasteiger partial charge in [-0.15, -0.1) is 5.10 Å². The number of carbonyl (C=O) groups is 1. The topological polar surface area (TPSA) is 93.9 Å². The summed E-state index contributed by atoms with van der Waals surface area (Å²) in [5.41, 5.74) is 1.74. The lowest BCUT2D eigenvalue weighted by atomic mass is 10.2. The van der Waals surface area contributed by atoms with Crippen LogP contribution in [0.3, 0.4) is 0 Å². The first-order valence-corrected chi connectivity index (χ1v) is 9.93. The van der Waals surface area contributed by atoms with Crippen LogP contribution in [0.15, 0.2) is 36.5 Å². The molecule has 0 saturated carbocycles. The minimum absolute atomic E-state index is 0.112. The molecular weight excluding hydrogens is 384 g/mol. The Morgan fingerprint density at radius 1 is 1.23 bits per heavy atom. The lowest BCUT2D eigenvalue weighted by Gasteiger charge is -2.24. The van der Waals surface area contributed by atoms with Crippen molar-refractivity contribution in [2.75, 3.05) is 25.5 Å². The molecule has 1 aliphatic heterocycles. The van der Waals surface area contributed by atoms with Crippen molar-refractivity contribution in [1.82, 2.24) is 24.5 Å². The molecule has 0 bridgehead atoms. The van der Waals surface area contributed by atoms with Crippen molar-refractivity contribution in [1.29, 1.82) is 0 Å². The van der Waals surface area contributed by atoms with E-state index in [2.05, 4.69) is 15.4 Å². The highest BCUT2D eigenvalue weighted by atomic mass is 16.6. The van der Waals surface area contributed by atoms with Crippen LogP contribution in [0.1, 0.15) is 27.2 Å². The van der Waals surface area contributed by atoms with E-state index < -0.39 is 5.60 Å². The minimum atomic E-state index is -0.497. The highest BCUT2D eigenvalue weighted by Gasteiger charge is 2.29. The average Bonchev–Trinajstić information content (AvgIpc) is 3.33. The maximum atomic E-state index is 12.3. The minimum Gasteiger partial charge on any atom is -0.480 e. The van der Waals surface area contributed by atoms with Gasteiger partial charge < -0.3 is 19.7 Å². The van der Waals surface area contributed by atoms with Gasteiger partial charge in [0.25, 0.3) is 0 Å². The number of rotatable bonds is 4. The molecule has 1 atom stereocenters. The van der Waals surface area contributed by atoms with E-state index >= 15 is 0 Å². The lowest BCUT2D eigenvalue weighted by Crippen LogP contribution is -2.36. The molecule has 4 heterocycles. The standard InChI is InChI=1S/C21H26N6O3/c1-21(2,3)30-20(28)26-11-10-14(13-26)23-17-7-5-6-15(24-17)16-12-22-18-8-9-19(29-4)25-27(16)18/h5-9,12,14H,10-11,13H2,1-4H3,(H,23,24). The number of hydrogen-bond donors (Lipinski definition) is 1. The van der Waals surface area contributed by atoms with E-state index in [4.69, 9.17) is 14.5 Å². The van der Waals surface area contributed by atoms with E-state index in [1.54, 1.807) is 28.8 Å². The van der Waals surface area contributed by atoms with E-state index in [0.717, 1.165) is 29.3 Å². The third kappa shape index (κ3) is 4.29. The number of fused-ring (bicyclic) bond motifs is 1. The number of aromatic nitrogens is 4. The fourth-order valence-corrected chi connectivity index (χ4v) is 3.38. The number of pyridine rings is 1. The number of imidazole rings is 1. The molecule has 3 aromatic rings. The second-order valence-electron chi connectivity index (χ2n) is 8.25. The fourth-order valence-electron chi connectivity index (χ4n) is 3.38. The Balaban J connectivity index is 1.48. The molecule has 1 fully saturated rings. The van der Waals surface area contributed by atoms with Crippen LogP contribution in [0.4, 0.5) is 10.6 Å². The summed E-state index contributed by atoms with van der Waals surface area (Å²) in [5, 5.41) is 7.86. The van der Waals surface area contributed by atoms with Gasteiger partial charge in [0.2, 0.25) is 5.88 Å². The van der Waals surface area contributed by atoms with Gasteiger partial charge in [0.15, 0.2) is 5.65 Å².